The van der Waals surface area contributed by atoms with Gasteiger partial charge in [0.25, 0.3) is 0 Å². The van der Waals surface area contributed by atoms with Crippen LogP contribution in [0.4, 0.5) is 0 Å². The van der Waals surface area contributed by atoms with Crippen molar-refractivity contribution in [3.8, 4) is 0 Å². The summed E-state index contributed by atoms with van der Waals surface area (Å²) in [5.74, 6) is 1.38. The first-order chi connectivity index (χ1) is 3.79. The van der Waals surface area contributed by atoms with Gasteiger partial charge in [-0.05, 0) is 24.7 Å². The van der Waals surface area contributed by atoms with Gasteiger partial charge in [-0.1, -0.05) is 0 Å². The van der Waals surface area contributed by atoms with Crippen molar-refractivity contribution in [2.45, 2.75) is 25.0 Å². The Hall–Kier alpha value is -0.0800. The van der Waals surface area contributed by atoms with E-state index >= 15 is 0 Å². The second-order valence-electron chi connectivity index (χ2n) is 3.05. The first-order valence-corrected chi connectivity index (χ1v) is 3.22. The van der Waals surface area contributed by atoms with Crippen molar-refractivity contribution < 1.29 is 5.11 Å². The van der Waals surface area contributed by atoms with Crippen LogP contribution in [0.2, 0.25) is 0 Å². The lowest BCUT2D eigenvalue weighted by Crippen LogP contribution is -2.31. The van der Waals surface area contributed by atoms with Gasteiger partial charge < -0.3 is 10.8 Å². The van der Waals surface area contributed by atoms with Gasteiger partial charge in [-0.2, -0.15) is 0 Å². The minimum Gasteiger partial charge on any atom is -0.391 e. The maximum atomic E-state index is 9.18. The third kappa shape index (κ3) is 0.446. The zero-order chi connectivity index (χ0) is 5.72. The summed E-state index contributed by atoms with van der Waals surface area (Å²) in [6, 6.07) is 0.0961. The van der Waals surface area contributed by atoms with Crippen LogP contribution in [0.1, 0.15) is 12.8 Å². The Bertz CT molecular complexity index is 113. The van der Waals surface area contributed by atoms with Crippen LogP contribution in [0.5, 0.6) is 0 Å². The Labute approximate surface area is 48.7 Å². The van der Waals surface area contributed by atoms with E-state index in [-0.39, 0.29) is 12.1 Å². The van der Waals surface area contributed by atoms with Gasteiger partial charge in [0.2, 0.25) is 0 Å². The molecule has 3 N–H and O–H groups in total. The molecule has 0 aliphatic heterocycles. The quantitative estimate of drug-likeness (QED) is 0.453. The molecule has 0 heterocycles. The molecular formula is C6H11NO. The van der Waals surface area contributed by atoms with Gasteiger partial charge in [0, 0.05) is 6.04 Å². The maximum Gasteiger partial charge on any atom is 0.0722 e. The summed E-state index contributed by atoms with van der Waals surface area (Å²) < 4.78 is 0. The predicted molar refractivity (Wildman–Crippen MR) is 30.2 cm³/mol. The molecule has 0 aromatic rings. The molecule has 46 valence electrons. The molecule has 0 saturated heterocycles. The van der Waals surface area contributed by atoms with E-state index in [2.05, 4.69) is 0 Å². The minimum absolute atomic E-state index is 0.0961. The summed E-state index contributed by atoms with van der Waals surface area (Å²) in [7, 11) is 0. The smallest absolute Gasteiger partial charge is 0.0722 e. The zero-order valence-corrected chi connectivity index (χ0v) is 4.75. The minimum atomic E-state index is -0.167. The van der Waals surface area contributed by atoms with Gasteiger partial charge in [-0.25, -0.2) is 0 Å². The second kappa shape index (κ2) is 1.25. The summed E-state index contributed by atoms with van der Waals surface area (Å²) in [6.07, 6.45) is 2.13. The highest BCUT2D eigenvalue weighted by molar-refractivity contribution is 5.04. The molecule has 0 aromatic heterocycles. The van der Waals surface area contributed by atoms with Crippen molar-refractivity contribution in [3.05, 3.63) is 0 Å². The molecule has 2 heteroatoms. The summed E-state index contributed by atoms with van der Waals surface area (Å²) >= 11 is 0. The summed E-state index contributed by atoms with van der Waals surface area (Å²) in [6.45, 7) is 0. The first kappa shape index (κ1) is 4.77. The third-order valence-corrected chi connectivity index (χ3v) is 2.43. The van der Waals surface area contributed by atoms with Gasteiger partial charge in [0.1, 0.15) is 0 Å². The van der Waals surface area contributed by atoms with Crippen LogP contribution in [0, 0.1) is 11.8 Å². The average Bonchev–Trinajstić information content (AvgIpc) is 2.39. The fraction of sp³-hybridized carbons (Fsp3) is 1.00. The Morgan fingerprint density at radius 2 is 2.12 bits per heavy atom. The lowest BCUT2D eigenvalue weighted by atomic mass is 10.1. The molecule has 4 atom stereocenters. The number of rotatable bonds is 0. The fourth-order valence-electron chi connectivity index (χ4n) is 1.77. The fourth-order valence-corrected chi connectivity index (χ4v) is 1.77. The van der Waals surface area contributed by atoms with Crippen molar-refractivity contribution in [3.63, 3.8) is 0 Å². The molecule has 0 aromatic carbocycles. The lowest BCUT2D eigenvalue weighted by molar-refractivity contribution is 0.141. The Morgan fingerprint density at radius 3 is 2.38 bits per heavy atom. The summed E-state index contributed by atoms with van der Waals surface area (Å²) in [5.41, 5.74) is 5.55. The molecule has 0 bridgehead atoms. The number of fused-ring (bicyclic) bond motifs is 1. The van der Waals surface area contributed by atoms with E-state index in [1.54, 1.807) is 0 Å². The van der Waals surface area contributed by atoms with E-state index in [1.165, 1.54) is 6.42 Å². The predicted octanol–water partition coefficient (Wildman–Crippen LogP) is -0.286. The zero-order valence-electron chi connectivity index (χ0n) is 4.75. The number of nitrogens with two attached hydrogens (primary N) is 1. The topological polar surface area (TPSA) is 46.2 Å². The van der Waals surface area contributed by atoms with Crippen LogP contribution in [0.3, 0.4) is 0 Å². The third-order valence-electron chi connectivity index (χ3n) is 2.43. The highest BCUT2D eigenvalue weighted by Gasteiger charge is 2.51. The van der Waals surface area contributed by atoms with Gasteiger partial charge >= 0.3 is 0 Å². The van der Waals surface area contributed by atoms with Crippen molar-refractivity contribution in [1.82, 2.24) is 0 Å². The van der Waals surface area contributed by atoms with E-state index in [9.17, 15) is 5.11 Å². The van der Waals surface area contributed by atoms with Crippen LogP contribution < -0.4 is 5.73 Å². The summed E-state index contributed by atoms with van der Waals surface area (Å²) in [4.78, 5) is 0. The molecule has 0 radical (unpaired) electrons. The second-order valence-corrected chi connectivity index (χ2v) is 3.05. The standard InChI is InChI=1S/C6H11NO/c7-5-2-3-1-4(3)6(5)8/h3-6,8H,1-2,7H2/t3-,4-,5-,6-/m1/s1. The highest BCUT2D eigenvalue weighted by atomic mass is 16.3. The summed E-state index contributed by atoms with van der Waals surface area (Å²) in [5, 5.41) is 9.18. The highest BCUT2D eigenvalue weighted by Crippen LogP contribution is 2.51. The van der Waals surface area contributed by atoms with Crippen LogP contribution in [-0.2, 0) is 0 Å². The molecule has 0 spiro atoms. The number of aliphatic hydroxyl groups excluding tert-OH is 1. The van der Waals surface area contributed by atoms with E-state index in [0.717, 1.165) is 12.3 Å². The van der Waals surface area contributed by atoms with Crippen LogP contribution in [0.25, 0.3) is 0 Å². The molecule has 0 amide bonds. The van der Waals surface area contributed by atoms with Crippen LogP contribution in [0.15, 0.2) is 0 Å². The van der Waals surface area contributed by atoms with Gasteiger partial charge in [-0.15, -0.1) is 0 Å². The van der Waals surface area contributed by atoms with Crippen molar-refractivity contribution in [1.29, 1.82) is 0 Å². The molecule has 2 aliphatic rings. The van der Waals surface area contributed by atoms with Gasteiger partial charge in [-0.3, -0.25) is 0 Å². The van der Waals surface area contributed by atoms with Gasteiger partial charge in [0.15, 0.2) is 0 Å². The molecule has 2 rings (SSSR count). The van der Waals surface area contributed by atoms with E-state index in [0.29, 0.717) is 5.92 Å². The van der Waals surface area contributed by atoms with E-state index in [1.807, 2.05) is 0 Å². The van der Waals surface area contributed by atoms with Crippen molar-refractivity contribution in [2.75, 3.05) is 0 Å². The Morgan fingerprint density at radius 1 is 1.38 bits per heavy atom. The SMILES string of the molecule is N[C@@H]1C[C@H]2C[C@H]2[C@H]1O. The molecule has 2 aliphatic carbocycles. The number of hydrogen-bond acceptors (Lipinski definition) is 2. The first-order valence-electron chi connectivity index (χ1n) is 3.22. The van der Waals surface area contributed by atoms with Crippen molar-refractivity contribution >= 4 is 0 Å². The Balaban J connectivity index is 2.08. The largest absolute Gasteiger partial charge is 0.391 e. The molecule has 0 unspecified atom stereocenters. The van der Waals surface area contributed by atoms with Crippen molar-refractivity contribution in [2.24, 2.45) is 17.6 Å². The number of hydrogen-bond donors (Lipinski definition) is 2. The molecule has 2 saturated carbocycles. The van der Waals surface area contributed by atoms with E-state index < -0.39 is 0 Å². The van der Waals surface area contributed by atoms with Crippen LogP contribution in [-0.4, -0.2) is 17.3 Å². The average molecular weight is 113 g/mol. The van der Waals surface area contributed by atoms with E-state index in [4.69, 9.17) is 5.73 Å². The monoisotopic (exact) mass is 113 g/mol. The maximum absolute atomic E-state index is 9.18. The lowest BCUT2D eigenvalue weighted by Gasteiger charge is -2.09. The molecular weight excluding hydrogens is 102 g/mol. The molecule has 2 fully saturated rings. The van der Waals surface area contributed by atoms with Gasteiger partial charge in [0.05, 0.1) is 6.10 Å². The number of aliphatic hydroxyl groups is 1. The molecule has 2 nitrogen and oxygen atoms in total. The normalized spacial score (nSPS) is 60.8. The van der Waals surface area contributed by atoms with Crippen LogP contribution >= 0.6 is 0 Å². The molecule has 8 heavy (non-hydrogen) atoms. The Kier molecular flexibility index (Phi) is 0.746.